The van der Waals surface area contributed by atoms with Crippen LogP contribution < -0.4 is 14.8 Å². The van der Waals surface area contributed by atoms with Crippen LogP contribution in [-0.4, -0.2) is 40.8 Å². The van der Waals surface area contributed by atoms with Gasteiger partial charge < -0.3 is 10.1 Å². The van der Waals surface area contributed by atoms with Crippen LogP contribution in [0.25, 0.3) is 11.3 Å². The first-order chi connectivity index (χ1) is 15.1. The molecule has 2 N–H and O–H groups in total. The number of rotatable bonds is 3. The van der Waals surface area contributed by atoms with E-state index >= 15 is 0 Å². The van der Waals surface area contributed by atoms with Gasteiger partial charge in [-0.05, 0) is 44.4 Å². The number of ether oxygens (including phenoxy) is 1. The zero-order valence-corrected chi connectivity index (χ0v) is 19.7. The van der Waals surface area contributed by atoms with Crippen LogP contribution in [0.2, 0.25) is 0 Å². The largest absolute Gasteiger partial charge is 0.475 e. The Bertz CT molecular complexity index is 1250. The van der Waals surface area contributed by atoms with Crippen molar-refractivity contribution in [1.29, 1.82) is 0 Å². The summed E-state index contributed by atoms with van der Waals surface area (Å²) < 4.78 is 36.4. The van der Waals surface area contributed by atoms with E-state index < -0.39 is 10.0 Å². The number of sulfonamides is 1. The summed E-state index contributed by atoms with van der Waals surface area (Å²) in [6.45, 7) is 8.47. The van der Waals surface area contributed by atoms with Gasteiger partial charge in [0.05, 0.1) is 22.3 Å². The summed E-state index contributed by atoms with van der Waals surface area (Å²) in [6, 6.07) is 8.42. The molecule has 4 bridgehead atoms. The molecule has 0 saturated carbocycles. The predicted octanol–water partition coefficient (Wildman–Crippen LogP) is 3.51. The van der Waals surface area contributed by atoms with Crippen LogP contribution in [0.4, 0.5) is 11.6 Å². The molecule has 0 fully saturated rings. The van der Waals surface area contributed by atoms with E-state index in [9.17, 15) is 8.42 Å². The monoisotopic (exact) mass is 456 g/mol. The van der Waals surface area contributed by atoms with Crippen LogP contribution in [0.3, 0.4) is 0 Å². The van der Waals surface area contributed by atoms with Gasteiger partial charge in [0, 0.05) is 30.1 Å². The summed E-state index contributed by atoms with van der Waals surface area (Å²) in [6.07, 6.45) is 0.848. The molecule has 0 spiro atoms. The Labute approximate surface area is 188 Å². The zero-order valence-electron chi connectivity index (χ0n) is 18.9. The quantitative estimate of drug-likeness (QED) is 0.620. The topological polar surface area (TPSA) is 111 Å². The van der Waals surface area contributed by atoms with Gasteiger partial charge >= 0.3 is 0 Å². The Morgan fingerprint density at radius 3 is 2.69 bits per heavy atom. The first-order valence-corrected chi connectivity index (χ1v) is 12.0. The van der Waals surface area contributed by atoms with Gasteiger partial charge in [0.1, 0.15) is 6.61 Å². The second-order valence-electron chi connectivity index (χ2n) is 8.50. The summed E-state index contributed by atoms with van der Waals surface area (Å²) in [5.41, 5.74) is 3.79. The number of nitrogens with one attached hydrogen (secondary N) is 2. The van der Waals surface area contributed by atoms with Crippen LogP contribution in [0.15, 0.2) is 35.2 Å². The highest BCUT2D eigenvalue weighted by Crippen LogP contribution is 2.30. The fraction of sp³-hybridized carbons (Fsp3) is 0.409. The molecular formula is C22H28N6O3S. The SMILES string of the molecule is Cc1nn(C)c(C)c1-c1cc2nc(n1)NS(=O)(=O)c1cccc(c1)N[C@H](CC(C)C)CO2. The first kappa shape index (κ1) is 22.1. The standard InChI is InChI=1S/C22H28N6O3S/c1-13(2)9-17-12-31-20-11-19(21-14(3)26-28(5)15(21)4)24-22(25-20)27-32(29,30)18-8-6-7-16(10-18)23-17/h6-8,10-11,13,17,23H,9,12H2,1-5H3,(H,24,25,27)/t17-/m1/s1. The number of nitrogens with zero attached hydrogens (tertiary/aromatic N) is 4. The lowest BCUT2D eigenvalue weighted by Crippen LogP contribution is -2.29. The van der Waals surface area contributed by atoms with Crippen LogP contribution in [0.5, 0.6) is 5.88 Å². The molecule has 0 amide bonds. The Morgan fingerprint density at radius 2 is 2.00 bits per heavy atom. The van der Waals surface area contributed by atoms with Gasteiger partial charge in [-0.1, -0.05) is 19.9 Å². The summed E-state index contributed by atoms with van der Waals surface area (Å²) >= 11 is 0. The first-order valence-electron chi connectivity index (χ1n) is 10.5. The molecule has 1 aliphatic heterocycles. The van der Waals surface area contributed by atoms with E-state index in [2.05, 4.69) is 39.0 Å². The van der Waals surface area contributed by atoms with E-state index in [-0.39, 0.29) is 16.9 Å². The summed E-state index contributed by atoms with van der Waals surface area (Å²) in [7, 11) is -2.04. The van der Waals surface area contributed by atoms with Crippen LogP contribution >= 0.6 is 0 Å². The van der Waals surface area contributed by atoms with Crippen molar-refractivity contribution in [2.45, 2.75) is 45.1 Å². The highest BCUT2D eigenvalue weighted by atomic mass is 32.2. The minimum absolute atomic E-state index is 0.0240. The number of fused-ring (bicyclic) bond motifs is 4. The molecule has 3 heterocycles. The van der Waals surface area contributed by atoms with Crippen molar-refractivity contribution in [2.24, 2.45) is 13.0 Å². The fourth-order valence-corrected chi connectivity index (χ4v) is 4.90. The maximum Gasteiger partial charge on any atom is 0.264 e. The Hall–Kier alpha value is -3.14. The highest BCUT2D eigenvalue weighted by molar-refractivity contribution is 7.92. The van der Waals surface area contributed by atoms with Crippen molar-refractivity contribution in [3.05, 3.63) is 41.7 Å². The molecule has 1 atom stereocenters. The molecule has 1 aromatic carbocycles. The molecule has 10 heteroatoms. The van der Waals surface area contributed by atoms with E-state index in [1.165, 1.54) is 0 Å². The van der Waals surface area contributed by atoms with Crippen molar-refractivity contribution in [3.8, 4) is 17.1 Å². The Balaban J connectivity index is 1.84. The average Bonchev–Trinajstić information content (AvgIpc) is 2.96. The minimum Gasteiger partial charge on any atom is -0.475 e. The van der Waals surface area contributed by atoms with E-state index in [0.29, 0.717) is 24.1 Å². The third kappa shape index (κ3) is 4.55. The lowest BCUT2D eigenvalue weighted by Gasteiger charge is -2.23. The maximum absolute atomic E-state index is 13.1. The van der Waals surface area contributed by atoms with Crippen molar-refractivity contribution < 1.29 is 13.2 Å². The van der Waals surface area contributed by atoms with Crippen LogP contribution in [0.1, 0.15) is 31.7 Å². The molecule has 32 heavy (non-hydrogen) atoms. The number of aromatic nitrogens is 4. The molecule has 170 valence electrons. The lowest BCUT2D eigenvalue weighted by molar-refractivity contribution is 0.271. The van der Waals surface area contributed by atoms with Gasteiger partial charge in [-0.25, -0.2) is 18.1 Å². The van der Waals surface area contributed by atoms with Crippen molar-refractivity contribution in [2.75, 3.05) is 16.6 Å². The van der Waals surface area contributed by atoms with Gasteiger partial charge in [0.2, 0.25) is 11.8 Å². The highest BCUT2D eigenvalue weighted by Gasteiger charge is 2.22. The molecule has 1 aliphatic rings. The van der Waals surface area contributed by atoms with Crippen LogP contribution in [0, 0.1) is 19.8 Å². The summed E-state index contributed by atoms with van der Waals surface area (Å²) in [4.78, 5) is 8.95. The number of benzene rings is 1. The molecule has 9 nitrogen and oxygen atoms in total. The minimum atomic E-state index is -3.89. The average molecular weight is 457 g/mol. The molecule has 3 aromatic rings. The van der Waals surface area contributed by atoms with Gasteiger partial charge in [0.25, 0.3) is 10.0 Å². The third-order valence-corrected chi connectivity index (χ3v) is 6.72. The molecule has 0 aliphatic carbocycles. The van der Waals surface area contributed by atoms with Gasteiger partial charge in [-0.2, -0.15) is 10.1 Å². The molecule has 4 rings (SSSR count). The molecular weight excluding hydrogens is 428 g/mol. The van der Waals surface area contributed by atoms with E-state index in [1.54, 1.807) is 28.9 Å². The third-order valence-electron chi connectivity index (χ3n) is 5.40. The summed E-state index contributed by atoms with van der Waals surface area (Å²) in [5.74, 6) is 0.685. The van der Waals surface area contributed by atoms with Crippen LogP contribution in [-0.2, 0) is 17.1 Å². The van der Waals surface area contributed by atoms with E-state index in [1.807, 2.05) is 27.0 Å². The van der Waals surface area contributed by atoms with Gasteiger partial charge in [-0.15, -0.1) is 0 Å². The van der Waals surface area contributed by atoms with E-state index in [0.717, 1.165) is 29.1 Å². The zero-order chi connectivity index (χ0) is 23.0. The van der Waals surface area contributed by atoms with Crippen molar-refractivity contribution >= 4 is 21.7 Å². The molecule has 0 saturated heterocycles. The second-order valence-corrected chi connectivity index (χ2v) is 10.2. The summed E-state index contributed by atoms with van der Waals surface area (Å²) in [5, 5.41) is 7.86. The van der Waals surface area contributed by atoms with E-state index in [4.69, 9.17) is 4.74 Å². The van der Waals surface area contributed by atoms with Crippen molar-refractivity contribution in [1.82, 2.24) is 19.7 Å². The second kappa shape index (κ2) is 8.42. The number of anilines is 2. The molecule has 0 radical (unpaired) electrons. The fourth-order valence-electron chi connectivity index (χ4n) is 3.91. The molecule has 2 aromatic heterocycles. The smallest absolute Gasteiger partial charge is 0.264 e. The molecule has 0 unspecified atom stereocenters. The van der Waals surface area contributed by atoms with Gasteiger partial charge in [-0.3, -0.25) is 4.68 Å². The number of hydrogen-bond acceptors (Lipinski definition) is 7. The lowest BCUT2D eigenvalue weighted by atomic mass is 10.0. The number of hydrogen-bond donors (Lipinski definition) is 2. The predicted molar refractivity (Wildman–Crippen MR) is 123 cm³/mol. The van der Waals surface area contributed by atoms with Gasteiger partial charge in [0.15, 0.2) is 0 Å². The Kier molecular flexibility index (Phi) is 5.81. The Morgan fingerprint density at radius 1 is 1.22 bits per heavy atom. The number of aryl methyl sites for hydroxylation is 2. The van der Waals surface area contributed by atoms with Crippen molar-refractivity contribution in [3.63, 3.8) is 0 Å². The normalized spacial score (nSPS) is 17.5. The maximum atomic E-state index is 13.1.